The van der Waals surface area contributed by atoms with Crippen LogP contribution in [0.3, 0.4) is 0 Å². The van der Waals surface area contributed by atoms with Crippen LogP contribution in [0.15, 0.2) is 24.4 Å². The zero-order valence-electron chi connectivity index (χ0n) is 14.0. The van der Waals surface area contributed by atoms with E-state index < -0.39 is 17.5 Å². The van der Waals surface area contributed by atoms with Gasteiger partial charge >= 0.3 is 0 Å². The van der Waals surface area contributed by atoms with Gasteiger partial charge in [0.1, 0.15) is 7.85 Å². The Hall–Kier alpha value is -2.48. The molecule has 2 N–H and O–H groups in total. The predicted molar refractivity (Wildman–Crippen MR) is 92.9 cm³/mol. The molecule has 1 aromatic heterocycles. The molecule has 0 atom stereocenters. The maximum atomic E-state index is 14.4. The van der Waals surface area contributed by atoms with E-state index in [0.29, 0.717) is 18.2 Å². The van der Waals surface area contributed by atoms with Gasteiger partial charge in [-0.25, -0.2) is 14.3 Å². The molecule has 5 nitrogen and oxygen atoms in total. The van der Waals surface area contributed by atoms with Crippen LogP contribution in [0.25, 0.3) is 0 Å². The average molecular weight is 345 g/mol. The van der Waals surface area contributed by atoms with Crippen molar-refractivity contribution in [1.29, 1.82) is 0 Å². The molecular formula is C17H18BF2N3O2. The highest BCUT2D eigenvalue weighted by atomic mass is 19.2. The molecule has 0 bridgehead atoms. The standard InChI is InChI=1S/C17H18BF2N3O2/c1-9-2-5-11(7-21-9)22-16-12(6-13(18)14(19)15(16)20)17(24)23-25-8-10-3-4-10/h2,5-7,10,22H,3-4,8,18H2,1H3,(H,23,24). The van der Waals surface area contributed by atoms with Crippen molar-refractivity contribution in [3.05, 3.63) is 47.3 Å². The highest BCUT2D eigenvalue weighted by Crippen LogP contribution is 2.29. The predicted octanol–water partition coefficient (Wildman–Crippen LogP) is 1.74. The van der Waals surface area contributed by atoms with Gasteiger partial charge in [0, 0.05) is 5.69 Å². The SMILES string of the molecule is Bc1cc(C(=O)NOCC2CC2)c(Nc2ccc(C)nc2)c(F)c1F. The quantitative estimate of drug-likeness (QED) is 0.619. The van der Waals surface area contributed by atoms with E-state index in [-0.39, 0.29) is 16.7 Å². The first-order valence-electron chi connectivity index (χ1n) is 8.06. The summed E-state index contributed by atoms with van der Waals surface area (Å²) in [7, 11) is 1.40. The topological polar surface area (TPSA) is 63.2 Å². The van der Waals surface area contributed by atoms with Crippen LogP contribution in [0.2, 0.25) is 0 Å². The van der Waals surface area contributed by atoms with Gasteiger partial charge in [0.25, 0.3) is 5.91 Å². The van der Waals surface area contributed by atoms with Gasteiger partial charge in [0.2, 0.25) is 0 Å². The number of benzene rings is 1. The molecule has 0 radical (unpaired) electrons. The minimum atomic E-state index is -1.12. The smallest absolute Gasteiger partial charge is 0.277 e. The normalized spacial score (nSPS) is 13.6. The largest absolute Gasteiger partial charge is 0.351 e. The molecule has 0 saturated heterocycles. The molecule has 0 unspecified atom stereocenters. The second kappa shape index (κ2) is 7.19. The van der Waals surface area contributed by atoms with Crippen molar-refractivity contribution in [1.82, 2.24) is 10.5 Å². The number of hydrogen-bond acceptors (Lipinski definition) is 4. The van der Waals surface area contributed by atoms with E-state index in [4.69, 9.17) is 4.84 Å². The van der Waals surface area contributed by atoms with E-state index in [1.165, 1.54) is 20.1 Å². The lowest BCUT2D eigenvalue weighted by Crippen LogP contribution is -2.28. The van der Waals surface area contributed by atoms with Crippen molar-refractivity contribution in [2.45, 2.75) is 19.8 Å². The number of rotatable bonds is 6. The molecule has 1 saturated carbocycles. The number of nitrogens with zero attached hydrogens (tertiary/aromatic N) is 1. The van der Waals surface area contributed by atoms with Crippen molar-refractivity contribution >= 4 is 30.6 Å². The van der Waals surface area contributed by atoms with E-state index in [0.717, 1.165) is 18.5 Å². The van der Waals surface area contributed by atoms with Gasteiger partial charge in [0.15, 0.2) is 11.6 Å². The Kier molecular flexibility index (Phi) is 4.99. The van der Waals surface area contributed by atoms with Gasteiger partial charge in [-0.05, 0) is 43.3 Å². The van der Waals surface area contributed by atoms with Crippen LogP contribution in [-0.2, 0) is 4.84 Å². The number of hydrogen-bond donors (Lipinski definition) is 2. The highest BCUT2D eigenvalue weighted by Gasteiger charge is 2.24. The first-order chi connectivity index (χ1) is 12.0. The lowest BCUT2D eigenvalue weighted by Gasteiger charge is -2.15. The first kappa shape index (κ1) is 17.4. The van der Waals surface area contributed by atoms with Crippen molar-refractivity contribution < 1.29 is 18.4 Å². The number of amides is 1. The van der Waals surface area contributed by atoms with Crippen LogP contribution < -0.4 is 16.3 Å². The number of carbonyl (C=O) groups is 1. The number of anilines is 2. The Bertz CT molecular complexity index is 795. The first-order valence-corrected chi connectivity index (χ1v) is 8.06. The van der Waals surface area contributed by atoms with E-state index in [1.54, 1.807) is 12.1 Å². The molecule has 8 heteroatoms. The molecule has 130 valence electrons. The van der Waals surface area contributed by atoms with E-state index in [9.17, 15) is 13.6 Å². The average Bonchev–Trinajstić information content (AvgIpc) is 3.41. The summed E-state index contributed by atoms with van der Waals surface area (Å²) in [5.41, 5.74) is 3.28. The van der Waals surface area contributed by atoms with Crippen LogP contribution >= 0.6 is 0 Å². The summed E-state index contributed by atoms with van der Waals surface area (Å²) in [5.74, 6) is -2.29. The second-order valence-electron chi connectivity index (χ2n) is 6.24. The Morgan fingerprint density at radius 1 is 1.36 bits per heavy atom. The fourth-order valence-corrected chi connectivity index (χ4v) is 2.31. The lowest BCUT2D eigenvalue weighted by atomic mass is 9.92. The van der Waals surface area contributed by atoms with E-state index >= 15 is 0 Å². The van der Waals surface area contributed by atoms with Crippen LogP contribution in [0.5, 0.6) is 0 Å². The zero-order valence-corrected chi connectivity index (χ0v) is 14.0. The molecular weight excluding hydrogens is 327 g/mol. The molecule has 1 aromatic carbocycles. The summed E-state index contributed by atoms with van der Waals surface area (Å²) in [5, 5.41) is 2.73. The van der Waals surface area contributed by atoms with Crippen LogP contribution in [0.1, 0.15) is 28.9 Å². The third kappa shape index (κ3) is 4.14. The molecule has 1 aliphatic carbocycles. The van der Waals surface area contributed by atoms with Gasteiger partial charge in [-0.2, -0.15) is 0 Å². The highest BCUT2D eigenvalue weighted by molar-refractivity contribution is 6.33. The van der Waals surface area contributed by atoms with Gasteiger partial charge in [-0.3, -0.25) is 14.6 Å². The number of aromatic nitrogens is 1. The van der Waals surface area contributed by atoms with Gasteiger partial charge in [0.05, 0.1) is 29.7 Å². The second-order valence-corrected chi connectivity index (χ2v) is 6.24. The number of halogens is 2. The molecule has 1 aliphatic rings. The van der Waals surface area contributed by atoms with Gasteiger partial charge in [-0.1, -0.05) is 6.07 Å². The molecule has 1 amide bonds. The maximum absolute atomic E-state index is 14.4. The molecule has 1 fully saturated rings. The third-order valence-corrected chi connectivity index (χ3v) is 3.99. The Balaban J connectivity index is 1.86. The minimum Gasteiger partial charge on any atom is -0.351 e. The van der Waals surface area contributed by atoms with E-state index in [2.05, 4.69) is 15.8 Å². The minimum absolute atomic E-state index is 0.0345. The Morgan fingerprint density at radius 3 is 2.76 bits per heavy atom. The summed E-state index contributed by atoms with van der Waals surface area (Å²) in [6.45, 7) is 2.23. The van der Waals surface area contributed by atoms with Crippen molar-refractivity contribution in [2.75, 3.05) is 11.9 Å². The zero-order chi connectivity index (χ0) is 18.0. The maximum Gasteiger partial charge on any atom is 0.277 e. The molecule has 1 heterocycles. The number of carbonyl (C=O) groups excluding carboxylic acids is 1. The number of hydroxylamine groups is 1. The summed E-state index contributed by atoms with van der Waals surface area (Å²) in [6, 6.07) is 4.69. The molecule has 0 aliphatic heterocycles. The summed E-state index contributed by atoms with van der Waals surface area (Å²) in [4.78, 5) is 21.6. The van der Waals surface area contributed by atoms with Crippen molar-refractivity contribution in [3.8, 4) is 0 Å². The van der Waals surface area contributed by atoms with Crippen LogP contribution in [0.4, 0.5) is 20.2 Å². The number of nitrogens with one attached hydrogen (secondary N) is 2. The Morgan fingerprint density at radius 2 is 2.12 bits per heavy atom. The monoisotopic (exact) mass is 345 g/mol. The van der Waals surface area contributed by atoms with Crippen LogP contribution in [0, 0.1) is 24.5 Å². The number of pyridine rings is 1. The summed E-state index contributed by atoms with van der Waals surface area (Å²) < 4.78 is 28.4. The fourth-order valence-electron chi connectivity index (χ4n) is 2.31. The number of aryl methyl sites for hydroxylation is 1. The molecule has 0 spiro atoms. The van der Waals surface area contributed by atoms with Crippen molar-refractivity contribution in [2.24, 2.45) is 5.92 Å². The third-order valence-electron chi connectivity index (χ3n) is 3.99. The summed E-state index contributed by atoms with van der Waals surface area (Å²) >= 11 is 0. The van der Waals surface area contributed by atoms with Crippen LogP contribution in [-0.4, -0.2) is 25.3 Å². The Labute approximate surface area is 145 Å². The summed E-state index contributed by atoms with van der Waals surface area (Å²) in [6.07, 6.45) is 3.64. The lowest BCUT2D eigenvalue weighted by molar-refractivity contribution is 0.0271. The fraction of sp³-hybridized carbons (Fsp3) is 0.294. The van der Waals surface area contributed by atoms with Gasteiger partial charge < -0.3 is 5.32 Å². The van der Waals surface area contributed by atoms with Gasteiger partial charge in [-0.15, -0.1) is 0 Å². The molecule has 2 aromatic rings. The van der Waals surface area contributed by atoms with Crippen molar-refractivity contribution in [3.63, 3.8) is 0 Å². The molecule has 25 heavy (non-hydrogen) atoms. The van der Waals surface area contributed by atoms with E-state index in [1.807, 2.05) is 6.92 Å². The molecule has 3 rings (SSSR count).